The summed E-state index contributed by atoms with van der Waals surface area (Å²) in [5.74, 6) is 0.666. The maximum Gasteiger partial charge on any atom is 0.261 e. The third-order valence-corrected chi connectivity index (χ3v) is 5.42. The summed E-state index contributed by atoms with van der Waals surface area (Å²) in [6.07, 6.45) is 0.370. The molecule has 3 rings (SSSR count). The molecule has 0 aliphatic rings. The van der Waals surface area contributed by atoms with Gasteiger partial charge in [-0.25, -0.2) is 0 Å². The van der Waals surface area contributed by atoms with Crippen molar-refractivity contribution in [3.8, 4) is 11.5 Å². The predicted molar refractivity (Wildman–Crippen MR) is 128 cm³/mol. The van der Waals surface area contributed by atoms with Gasteiger partial charge in [-0.1, -0.05) is 54.1 Å². The van der Waals surface area contributed by atoms with Crippen molar-refractivity contribution in [1.29, 1.82) is 0 Å². The normalized spacial score (nSPS) is 11.4. The average molecular weight is 467 g/mol. The summed E-state index contributed by atoms with van der Waals surface area (Å²) in [6.45, 7) is 0.00542. The quantitative estimate of drug-likeness (QED) is 0.488. The van der Waals surface area contributed by atoms with Crippen molar-refractivity contribution in [3.05, 3.63) is 95.0 Å². The second kappa shape index (κ2) is 11.9. The van der Waals surface area contributed by atoms with E-state index < -0.39 is 6.04 Å². The topological polar surface area (TPSA) is 67.9 Å². The molecule has 2 amide bonds. The fourth-order valence-electron chi connectivity index (χ4n) is 3.45. The highest BCUT2D eigenvalue weighted by Gasteiger charge is 2.30. The second-order valence-electron chi connectivity index (χ2n) is 7.44. The molecule has 1 atom stereocenters. The number of nitrogens with one attached hydrogen (secondary N) is 1. The van der Waals surface area contributed by atoms with Crippen molar-refractivity contribution in [1.82, 2.24) is 10.2 Å². The second-order valence-corrected chi connectivity index (χ2v) is 7.87. The van der Waals surface area contributed by atoms with Gasteiger partial charge in [-0.2, -0.15) is 0 Å². The Hall–Kier alpha value is -3.51. The van der Waals surface area contributed by atoms with Gasteiger partial charge in [-0.15, -0.1) is 0 Å². The van der Waals surface area contributed by atoms with E-state index in [4.69, 9.17) is 21.1 Å². The predicted octanol–water partition coefficient (Wildman–Crippen LogP) is 4.11. The number of hydrogen-bond acceptors (Lipinski definition) is 4. The highest BCUT2D eigenvalue weighted by atomic mass is 35.5. The summed E-state index contributed by atoms with van der Waals surface area (Å²) in [5.41, 5.74) is 1.77. The minimum absolute atomic E-state index is 0.213. The zero-order chi connectivity index (χ0) is 23.6. The van der Waals surface area contributed by atoms with Gasteiger partial charge < -0.3 is 19.7 Å². The Kier molecular flexibility index (Phi) is 8.72. The smallest absolute Gasteiger partial charge is 0.261 e. The molecule has 0 aliphatic heterocycles. The van der Waals surface area contributed by atoms with E-state index in [-0.39, 0.29) is 25.0 Å². The third kappa shape index (κ3) is 6.99. The first-order valence-electron chi connectivity index (χ1n) is 10.6. The van der Waals surface area contributed by atoms with Crippen LogP contribution in [0.25, 0.3) is 0 Å². The first kappa shape index (κ1) is 24.1. The Morgan fingerprint density at radius 3 is 2.24 bits per heavy atom. The summed E-state index contributed by atoms with van der Waals surface area (Å²) in [6, 6.07) is 23.1. The van der Waals surface area contributed by atoms with Crippen LogP contribution < -0.4 is 14.8 Å². The van der Waals surface area contributed by atoms with Crippen molar-refractivity contribution in [2.75, 3.05) is 20.8 Å². The third-order valence-electron chi connectivity index (χ3n) is 5.18. The fraction of sp³-hybridized carbons (Fsp3) is 0.231. The molecule has 0 saturated heterocycles. The van der Waals surface area contributed by atoms with Crippen LogP contribution in [0.15, 0.2) is 78.9 Å². The number of ether oxygens (including phenoxy) is 2. The van der Waals surface area contributed by atoms with Crippen molar-refractivity contribution >= 4 is 23.4 Å². The Bertz CT molecular complexity index is 1060. The lowest BCUT2D eigenvalue weighted by Crippen LogP contribution is -2.51. The van der Waals surface area contributed by atoms with Crippen LogP contribution in [0.5, 0.6) is 11.5 Å². The molecule has 0 spiro atoms. The van der Waals surface area contributed by atoms with Crippen LogP contribution in [-0.4, -0.2) is 43.5 Å². The van der Waals surface area contributed by atoms with E-state index in [1.165, 1.54) is 0 Å². The van der Waals surface area contributed by atoms with Gasteiger partial charge in [0.15, 0.2) is 6.61 Å². The van der Waals surface area contributed by atoms with E-state index in [0.717, 1.165) is 11.1 Å². The molecule has 0 heterocycles. The van der Waals surface area contributed by atoms with Gasteiger partial charge in [-0.05, 0) is 47.5 Å². The average Bonchev–Trinajstić information content (AvgIpc) is 2.85. The molecule has 0 saturated carbocycles. The number of methoxy groups -OCH3 is 1. The summed E-state index contributed by atoms with van der Waals surface area (Å²) >= 11 is 6.16. The Morgan fingerprint density at radius 2 is 1.61 bits per heavy atom. The number of halogens is 1. The van der Waals surface area contributed by atoms with Gasteiger partial charge in [0.05, 0.1) is 7.11 Å². The molecule has 3 aromatic rings. The molecule has 0 bridgehead atoms. The number of rotatable bonds is 10. The van der Waals surface area contributed by atoms with E-state index >= 15 is 0 Å². The molecule has 0 radical (unpaired) electrons. The summed E-state index contributed by atoms with van der Waals surface area (Å²) in [4.78, 5) is 27.8. The summed E-state index contributed by atoms with van der Waals surface area (Å²) < 4.78 is 10.9. The number of carbonyl (C=O) groups excluding carboxylic acids is 2. The summed E-state index contributed by atoms with van der Waals surface area (Å²) in [5, 5.41) is 3.25. The van der Waals surface area contributed by atoms with E-state index in [1.54, 1.807) is 55.5 Å². The SMILES string of the molecule is CNC(=O)C(Cc1ccccc1)N(Cc1cccc(Cl)c1)C(=O)COc1ccc(OC)cc1. The van der Waals surface area contributed by atoms with Crippen molar-refractivity contribution in [2.45, 2.75) is 19.0 Å². The van der Waals surface area contributed by atoms with Gasteiger partial charge in [-0.3, -0.25) is 9.59 Å². The van der Waals surface area contributed by atoms with E-state index in [0.29, 0.717) is 22.9 Å². The van der Waals surface area contributed by atoms with Crippen LogP contribution in [-0.2, 0) is 22.6 Å². The standard InChI is InChI=1S/C26H27ClN2O4/c1-28-26(31)24(16-19-7-4-3-5-8-19)29(17-20-9-6-10-21(27)15-20)25(30)18-33-23-13-11-22(32-2)12-14-23/h3-15,24H,16-18H2,1-2H3,(H,28,31). The molecule has 172 valence electrons. The highest BCUT2D eigenvalue weighted by Crippen LogP contribution is 2.20. The Labute approximate surface area is 199 Å². The number of nitrogens with zero attached hydrogens (tertiary/aromatic N) is 1. The van der Waals surface area contributed by atoms with E-state index in [2.05, 4.69) is 5.32 Å². The Balaban J connectivity index is 1.85. The minimum atomic E-state index is -0.719. The van der Waals surface area contributed by atoms with Crippen LogP contribution in [0.2, 0.25) is 5.02 Å². The van der Waals surface area contributed by atoms with Gasteiger partial charge in [0.1, 0.15) is 17.5 Å². The fourth-order valence-corrected chi connectivity index (χ4v) is 3.67. The first-order chi connectivity index (χ1) is 16.0. The highest BCUT2D eigenvalue weighted by molar-refractivity contribution is 6.30. The van der Waals surface area contributed by atoms with Crippen LogP contribution in [0, 0.1) is 0 Å². The van der Waals surface area contributed by atoms with Gasteiger partial charge in [0.25, 0.3) is 5.91 Å². The van der Waals surface area contributed by atoms with Crippen LogP contribution >= 0.6 is 11.6 Å². The molecule has 1 unspecified atom stereocenters. The number of likely N-dealkylation sites (N-methyl/N-ethyl adjacent to an activating group) is 1. The molecule has 33 heavy (non-hydrogen) atoms. The van der Waals surface area contributed by atoms with Gasteiger partial charge >= 0.3 is 0 Å². The number of hydrogen-bond donors (Lipinski definition) is 1. The molecule has 1 N–H and O–H groups in total. The van der Waals surface area contributed by atoms with Crippen LogP contribution in [0.4, 0.5) is 0 Å². The maximum absolute atomic E-state index is 13.3. The number of benzene rings is 3. The number of amides is 2. The van der Waals surface area contributed by atoms with Crippen LogP contribution in [0.1, 0.15) is 11.1 Å². The molecular weight excluding hydrogens is 440 g/mol. The van der Waals surface area contributed by atoms with Crippen molar-refractivity contribution < 1.29 is 19.1 Å². The van der Waals surface area contributed by atoms with E-state index in [1.807, 2.05) is 42.5 Å². The monoisotopic (exact) mass is 466 g/mol. The largest absolute Gasteiger partial charge is 0.497 e. The van der Waals surface area contributed by atoms with Gasteiger partial charge in [0, 0.05) is 25.0 Å². The lowest BCUT2D eigenvalue weighted by Gasteiger charge is -2.31. The van der Waals surface area contributed by atoms with Crippen LogP contribution in [0.3, 0.4) is 0 Å². The van der Waals surface area contributed by atoms with Crippen molar-refractivity contribution in [3.63, 3.8) is 0 Å². The molecule has 3 aromatic carbocycles. The minimum Gasteiger partial charge on any atom is -0.497 e. The van der Waals surface area contributed by atoms with Gasteiger partial charge in [0.2, 0.25) is 5.91 Å². The zero-order valence-corrected chi connectivity index (χ0v) is 19.4. The molecule has 0 aromatic heterocycles. The Morgan fingerprint density at radius 1 is 0.939 bits per heavy atom. The molecule has 0 fully saturated rings. The number of carbonyl (C=O) groups is 2. The molecule has 7 heteroatoms. The summed E-state index contributed by atoms with van der Waals surface area (Å²) in [7, 11) is 3.15. The maximum atomic E-state index is 13.3. The first-order valence-corrected chi connectivity index (χ1v) is 10.9. The van der Waals surface area contributed by atoms with E-state index in [9.17, 15) is 9.59 Å². The molecular formula is C26H27ClN2O4. The zero-order valence-electron chi connectivity index (χ0n) is 18.7. The molecule has 6 nitrogen and oxygen atoms in total. The molecule has 0 aliphatic carbocycles. The van der Waals surface area contributed by atoms with Crippen molar-refractivity contribution in [2.24, 2.45) is 0 Å². The lowest BCUT2D eigenvalue weighted by molar-refractivity contribution is -0.142. The lowest BCUT2D eigenvalue weighted by atomic mass is 10.0.